The molecule has 0 bridgehead atoms. The number of nitrogens with one attached hydrogen (secondary N) is 1. The first-order chi connectivity index (χ1) is 14.1. The Labute approximate surface area is 175 Å². The molecule has 0 radical (unpaired) electrons. The van der Waals surface area contributed by atoms with Gasteiger partial charge in [0.1, 0.15) is 0 Å². The second-order valence-corrected chi connectivity index (χ2v) is 8.10. The average Bonchev–Trinajstić information content (AvgIpc) is 3.24. The lowest BCUT2D eigenvalue weighted by Crippen LogP contribution is -2.29. The standard InChI is InChI=1S/C25H25N3S/c1-5-7-23-18(4)26-25(27-21-11-9-19(6-2)10-12-21)28(23)15-20-16-29-24-13-8-17(3)14-22(20)24/h5,7-14,16H,1,4,6,15H2,2-3H3,(H,26,27)/b23-7+. The highest BCUT2D eigenvalue weighted by Crippen LogP contribution is 2.28. The number of anilines is 2. The highest BCUT2D eigenvalue weighted by Gasteiger charge is 2.11. The van der Waals surface area contributed by atoms with Gasteiger partial charge in [0.2, 0.25) is 5.95 Å². The van der Waals surface area contributed by atoms with E-state index in [2.05, 4.69) is 84.7 Å². The van der Waals surface area contributed by atoms with E-state index in [0.717, 1.165) is 35.3 Å². The van der Waals surface area contributed by atoms with E-state index in [0.29, 0.717) is 0 Å². The summed E-state index contributed by atoms with van der Waals surface area (Å²) in [7, 11) is 0. The highest BCUT2D eigenvalue weighted by atomic mass is 32.1. The maximum atomic E-state index is 4.71. The van der Waals surface area contributed by atoms with Crippen LogP contribution in [-0.4, -0.2) is 9.55 Å². The molecule has 0 aliphatic carbocycles. The Morgan fingerprint density at radius 3 is 2.69 bits per heavy atom. The van der Waals surface area contributed by atoms with Crippen molar-refractivity contribution in [2.45, 2.75) is 26.8 Å². The van der Waals surface area contributed by atoms with E-state index in [-0.39, 0.29) is 0 Å². The first-order valence-electron chi connectivity index (χ1n) is 9.80. The molecule has 0 amide bonds. The van der Waals surface area contributed by atoms with Gasteiger partial charge in [0, 0.05) is 10.4 Å². The fourth-order valence-electron chi connectivity index (χ4n) is 3.51. The molecule has 0 saturated heterocycles. The summed E-state index contributed by atoms with van der Waals surface area (Å²) in [6, 6.07) is 15.1. The molecule has 4 rings (SSSR count). The summed E-state index contributed by atoms with van der Waals surface area (Å²) in [5.74, 6) is 0.791. The number of nitrogens with zero attached hydrogens (tertiary/aromatic N) is 2. The molecule has 0 saturated carbocycles. The largest absolute Gasteiger partial charge is 0.326 e. The number of imidazole rings is 1. The van der Waals surface area contributed by atoms with Crippen LogP contribution in [0.25, 0.3) is 22.7 Å². The third-order valence-corrected chi connectivity index (χ3v) is 6.13. The van der Waals surface area contributed by atoms with Crippen molar-refractivity contribution in [1.82, 2.24) is 9.55 Å². The lowest BCUT2D eigenvalue weighted by molar-refractivity contribution is 0.790. The number of rotatable bonds is 6. The Morgan fingerprint density at radius 2 is 1.97 bits per heavy atom. The average molecular weight is 400 g/mol. The molecule has 0 aliphatic rings. The van der Waals surface area contributed by atoms with Gasteiger partial charge >= 0.3 is 0 Å². The Hall–Kier alpha value is -3.11. The molecule has 2 aromatic carbocycles. The number of fused-ring (bicyclic) bond motifs is 1. The summed E-state index contributed by atoms with van der Waals surface area (Å²) in [5, 5.41) is 8.74. The van der Waals surface area contributed by atoms with Gasteiger partial charge in [0.15, 0.2) is 0 Å². The van der Waals surface area contributed by atoms with Gasteiger partial charge in [-0.25, -0.2) is 4.98 Å². The molecule has 3 nitrogen and oxygen atoms in total. The molecule has 2 heterocycles. The van der Waals surface area contributed by atoms with Crippen molar-refractivity contribution >= 4 is 45.7 Å². The van der Waals surface area contributed by atoms with Crippen molar-refractivity contribution in [3.8, 4) is 0 Å². The Balaban J connectivity index is 1.78. The molecule has 1 N–H and O–H groups in total. The molecule has 0 spiro atoms. The highest BCUT2D eigenvalue weighted by molar-refractivity contribution is 7.17. The van der Waals surface area contributed by atoms with Gasteiger partial charge in [-0.2, -0.15) is 0 Å². The van der Waals surface area contributed by atoms with E-state index in [1.165, 1.54) is 26.8 Å². The van der Waals surface area contributed by atoms with E-state index < -0.39 is 0 Å². The molecule has 0 aliphatic heterocycles. The second kappa shape index (κ2) is 8.10. The van der Waals surface area contributed by atoms with Crippen molar-refractivity contribution in [2.75, 3.05) is 5.32 Å². The fraction of sp³-hybridized carbons (Fsp3) is 0.160. The van der Waals surface area contributed by atoms with Crippen molar-refractivity contribution in [3.63, 3.8) is 0 Å². The molecule has 0 fully saturated rings. The van der Waals surface area contributed by atoms with Crippen LogP contribution in [0.15, 0.2) is 60.5 Å². The van der Waals surface area contributed by atoms with Gasteiger partial charge in [-0.05, 0) is 59.5 Å². The molecule has 146 valence electrons. The molecule has 0 atom stereocenters. The molecule has 4 heteroatoms. The van der Waals surface area contributed by atoms with Crippen LogP contribution >= 0.6 is 11.3 Å². The summed E-state index contributed by atoms with van der Waals surface area (Å²) in [5.41, 5.74) is 4.89. The smallest absolute Gasteiger partial charge is 0.208 e. The number of benzene rings is 2. The molecule has 4 aromatic rings. The van der Waals surface area contributed by atoms with Crippen LogP contribution in [-0.2, 0) is 13.0 Å². The Bertz CT molecular complexity index is 1280. The van der Waals surface area contributed by atoms with Crippen LogP contribution in [0.1, 0.15) is 23.6 Å². The lowest BCUT2D eigenvalue weighted by atomic mass is 10.1. The van der Waals surface area contributed by atoms with Crippen molar-refractivity contribution in [2.24, 2.45) is 0 Å². The minimum absolute atomic E-state index is 0.723. The number of aromatic nitrogens is 2. The van der Waals surface area contributed by atoms with Gasteiger partial charge in [0.25, 0.3) is 0 Å². The lowest BCUT2D eigenvalue weighted by Gasteiger charge is -2.11. The number of hydrogen-bond donors (Lipinski definition) is 1. The van der Waals surface area contributed by atoms with Crippen LogP contribution < -0.4 is 16.0 Å². The monoisotopic (exact) mass is 399 g/mol. The van der Waals surface area contributed by atoms with Crippen LogP contribution in [0, 0.1) is 6.92 Å². The van der Waals surface area contributed by atoms with Crippen molar-refractivity contribution < 1.29 is 0 Å². The summed E-state index contributed by atoms with van der Waals surface area (Å²) >= 11 is 1.78. The van der Waals surface area contributed by atoms with Crippen LogP contribution in [0.5, 0.6) is 0 Å². The number of thiophene rings is 1. The Morgan fingerprint density at radius 1 is 1.17 bits per heavy atom. The predicted octanol–water partition coefficient (Wildman–Crippen LogP) is 5.14. The normalized spacial score (nSPS) is 11.9. The zero-order valence-corrected chi connectivity index (χ0v) is 17.7. The molecule has 2 aromatic heterocycles. The van der Waals surface area contributed by atoms with Gasteiger partial charge < -0.3 is 9.88 Å². The third-order valence-electron chi connectivity index (χ3n) is 5.11. The zero-order valence-electron chi connectivity index (χ0n) is 16.9. The first-order valence-corrected chi connectivity index (χ1v) is 10.7. The topological polar surface area (TPSA) is 29.9 Å². The van der Waals surface area contributed by atoms with E-state index in [1.807, 2.05) is 6.08 Å². The van der Waals surface area contributed by atoms with E-state index in [1.54, 1.807) is 17.4 Å². The maximum absolute atomic E-state index is 4.71. The molecule has 29 heavy (non-hydrogen) atoms. The molecular weight excluding hydrogens is 374 g/mol. The van der Waals surface area contributed by atoms with Gasteiger partial charge in [-0.15, -0.1) is 11.3 Å². The molecular formula is C25H25N3S. The number of hydrogen-bond acceptors (Lipinski definition) is 3. The fourth-order valence-corrected chi connectivity index (χ4v) is 4.44. The summed E-state index contributed by atoms with van der Waals surface area (Å²) in [6.45, 7) is 13.0. The second-order valence-electron chi connectivity index (χ2n) is 7.19. The zero-order chi connectivity index (χ0) is 20.4. The van der Waals surface area contributed by atoms with E-state index in [4.69, 9.17) is 4.98 Å². The summed E-state index contributed by atoms with van der Waals surface area (Å²) in [6.07, 6.45) is 4.79. The van der Waals surface area contributed by atoms with E-state index >= 15 is 0 Å². The van der Waals surface area contributed by atoms with Crippen LogP contribution in [0.3, 0.4) is 0 Å². The van der Waals surface area contributed by atoms with Crippen molar-refractivity contribution in [3.05, 3.63) is 87.9 Å². The number of aryl methyl sites for hydroxylation is 2. The van der Waals surface area contributed by atoms with E-state index in [9.17, 15) is 0 Å². The van der Waals surface area contributed by atoms with Gasteiger partial charge in [-0.1, -0.05) is 56.0 Å². The third kappa shape index (κ3) is 3.89. The SMILES string of the molecule is C=C/C=c1\c(=C)nc(Nc2ccc(CC)cc2)n1Cc1csc2ccc(C)cc12. The van der Waals surface area contributed by atoms with Crippen LogP contribution in [0.2, 0.25) is 0 Å². The minimum Gasteiger partial charge on any atom is -0.326 e. The van der Waals surface area contributed by atoms with Crippen molar-refractivity contribution in [1.29, 1.82) is 0 Å². The van der Waals surface area contributed by atoms with Gasteiger partial charge in [0.05, 0.1) is 17.2 Å². The Kier molecular flexibility index (Phi) is 5.36. The number of allylic oxidation sites excluding steroid dienone is 1. The minimum atomic E-state index is 0.723. The summed E-state index contributed by atoms with van der Waals surface area (Å²) < 4.78 is 3.49. The first kappa shape index (κ1) is 19.2. The van der Waals surface area contributed by atoms with Crippen LogP contribution in [0.4, 0.5) is 11.6 Å². The maximum Gasteiger partial charge on any atom is 0.208 e. The molecule has 0 unspecified atom stereocenters. The quantitative estimate of drug-likeness (QED) is 0.487. The summed E-state index contributed by atoms with van der Waals surface area (Å²) in [4.78, 5) is 4.71. The van der Waals surface area contributed by atoms with Gasteiger partial charge in [-0.3, -0.25) is 0 Å². The predicted molar refractivity (Wildman–Crippen MR) is 126 cm³/mol.